The number of nitrogens with one attached hydrogen (secondary N) is 1. The molecule has 3 nitrogen and oxygen atoms in total. The fourth-order valence-electron chi connectivity index (χ4n) is 0.598. The molecule has 12 heavy (non-hydrogen) atoms. The van der Waals surface area contributed by atoms with Crippen LogP contribution >= 0.6 is 0 Å². The summed E-state index contributed by atoms with van der Waals surface area (Å²) < 4.78 is 23.2. The number of carbonyl (C=O) groups is 1. The van der Waals surface area contributed by atoms with E-state index in [9.17, 15) is 13.6 Å². The lowest BCUT2D eigenvalue weighted by Crippen LogP contribution is -2.45. The van der Waals surface area contributed by atoms with Crippen LogP contribution in [0, 0.1) is 5.92 Å². The minimum absolute atomic E-state index is 0.0392. The van der Waals surface area contributed by atoms with Crippen LogP contribution in [0.4, 0.5) is 8.78 Å². The maximum absolute atomic E-state index is 11.6. The summed E-state index contributed by atoms with van der Waals surface area (Å²) in [4.78, 5) is 10.9. The van der Waals surface area contributed by atoms with E-state index in [4.69, 9.17) is 5.73 Å². The molecule has 0 spiro atoms. The highest BCUT2D eigenvalue weighted by Crippen LogP contribution is 1.98. The van der Waals surface area contributed by atoms with E-state index in [0.29, 0.717) is 0 Å². The summed E-state index contributed by atoms with van der Waals surface area (Å²) in [6.45, 7) is 2.89. The summed E-state index contributed by atoms with van der Waals surface area (Å²) >= 11 is 0. The van der Waals surface area contributed by atoms with Crippen LogP contribution in [0.2, 0.25) is 0 Å². The summed E-state index contributed by atoms with van der Waals surface area (Å²) in [6, 6.07) is -0.705. The van der Waals surface area contributed by atoms with Gasteiger partial charge in [0.25, 0.3) is 6.43 Å². The highest BCUT2D eigenvalue weighted by molar-refractivity contribution is 5.81. The number of amides is 1. The molecule has 1 atom stereocenters. The van der Waals surface area contributed by atoms with E-state index in [1.807, 2.05) is 5.32 Å². The van der Waals surface area contributed by atoms with Gasteiger partial charge in [-0.25, -0.2) is 8.78 Å². The number of alkyl halides is 2. The highest BCUT2D eigenvalue weighted by atomic mass is 19.3. The zero-order valence-corrected chi connectivity index (χ0v) is 7.18. The number of halogens is 2. The number of hydrogen-bond acceptors (Lipinski definition) is 2. The molecule has 0 aromatic rings. The van der Waals surface area contributed by atoms with Crippen LogP contribution in [-0.2, 0) is 4.79 Å². The summed E-state index contributed by atoms with van der Waals surface area (Å²) in [6.07, 6.45) is -2.52. The van der Waals surface area contributed by atoms with Crippen LogP contribution in [0.15, 0.2) is 0 Å². The molecule has 0 aliphatic carbocycles. The third-order valence-electron chi connectivity index (χ3n) is 1.45. The van der Waals surface area contributed by atoms with Crippen molar-refractivity contribution in [3.8, 4) is 0 Å². The van der Waals surface area contributed by atoms with Gasteiger partial charge in [0.2, 0.25) is 5.91 Å². The standard InChI is InChI=1S/C7H14F2N2O/c1-4(2)6(10)7(12)11-3-5(8)9/h4-6H,3,10H2,1-2H3,(H,11,12)/t6-/m0/s1. The Morgan fingerprint density at radius 2 is 2.00 bits per heavy atom. The topological polar surface area (TPSA) is 55.1 Å². The molecule has 3 N–H and O–H groups in total. The van der Waals surface area contributed by atoms with E-state index in [1.54, 1.807) is 13.8 Å². The van der Waals surface area contributed by atoms with Gasteiger partial charge in [0.15, 0.2) is 0 Å². The molecule has 0 unspecified atom stereocenters. The smallest absolute Gasteiger partial charge is 0.255 e. The first-order chi connectivity index (χ1) is 5.45. The largest absolute Gasteiger partial charge is 0.349 e. The predicted molar refractivity (Wildman–Crippen MR) is 41.8 cm³/mol. The van der Waals surface area contributed by atoms with Gasteiger partial charge in [0.05, 0.1) is 12.6 Å². The fourth-order valence-corrected chi connectivity index (χ4v) is 0.598. The fraction of sp³-hybridized carbons (Fsp3) is 0.857. The second-order valence-corrected chi connectivity index (χ2v) is 2.91. The maximum atomic E-state index is 11.6. The van der Waals surface area contributed by atoms with E-state index in [1.165, 1.54) is 0 Å². The molecular formula is C7H14F2N2O. The van der Waals surface area contributed by atoms with Crippen molar-refractivity contribution in [3.63, 3.8) is 0 Å². The molecule has 0 radical (unpaired) electrons. The zero-order chi connectivity index (χ0) is 9.72. The molecule has 0 aliphatic rings. The van der Waals surface area contributed by atoms with Gasteiger partial charge in [-0.15, -0.1) is 0 Å². The van der Waals surface area contributed by atoms with Crippen molar-refractivity contribution in [2.75, 3.05) is 6.54 Å². The van der Waals surface area contributed by atoms with Crippen molar-refractivity contribution in [3.05, 3.63) is 0 Å². The zero-order valence-electron chi connectivity index (χ0n) is 7.18. The van der Waals surface area contributed by atoms with Crippen LogP contribution in [0.3, 0.4) is 0 Å². The van der Waals surface area contributed by atoms with E-state index in [2.05, 4.69) is 0 Å². The Bertz CT molecular complexity index is 150. The summed E-state index contributed by atoms with van der Waals surface area (Å²) in [5.74, 6) is -0.562. The first kappa shape index (κ1) is 11.3. The number of hydrogen-bond donors (Lipinski definition) is 2. The van der Waals surface area contributed by atoms with Crippen molar-refractivity contribution in [2.45, 2.75) is 26.3 Å². The summed E-state index contributed by atoms with van der Waals surface area (Å²) in [7, 11) is 0. The first-order valence-corrected chi connectivity index (χ1v) is 3.76. The van der Waals surface area contributed by atoms with E-state index in [0.717, 1.165) is 0 Å². The van der Waals surface area contributed by atoms with Crippen LogP contribution in [0.1, 0.15) is 13.8 Å². The second kappa shape index (κ2) is 5.03. The monoisotopic (exact) mass is 180 g/mol. The average molecular weight is 180 g/mol. The molecule has 0 aromatic carbocycles. The lowest BCUT2D eigenvalue weighted by atomic mass is 10.1. The summed E-state index contributed by atoms with van der Waals surface area (Å²) in [5.41, 5.74) is 5.39. The maximum Gasteiger partial charge on any atom is 0.255 e. The SMILES string of the molecule is CC(C)[C@H](N)C(=O)NCC(F)F. The molecule has 1 amide bonds. The molecular weight excluding hydrogens is 166 g/mol. The number of carbonyl (C=O) groups excluding carboxylic acids is 1. The average Bonchev–Trinajstić information content (AvgIpc) is 1.98. The minimum atomic E-state index is -2.52. The molecule has 0 saturated heterocycles. The van der Waals surface area contributed by atoms with Gasteiger partial charge in [-0.05, 0) is 5.92 Å². The lowest BCUT2D eigenvalue weighted by Gasteiger charge is -2.14. The van der Waals surface area contributed by atoms with Crippen molar-refractivity contribution >= 4 is 5.91 Å². The Balaban J connectivity index is 3.72. The Morgan fingerprint density at radius 1 is 1.50 bits per heavy atom. The van der Waals surface area contributed by atoms with Gasteiger partial charge in [0.1, 0.15) is 0 Å². The Hall–Kier alpha value is -0.710. The van der Waals surface area contributed by atoms with Gasteiger partial charge in [-0.3, -0.25) is 4.79 Å². The molecule has 0 rings (SSSR count). The van der Waals surface area contributed by atoms with E-state index < -0.39 is 24.9 Å². The van der Waals surface area contributed by atoms with Crippen molar-refractivity contribution < 1.29 is 13.6 Å². The van der Waals surface area contributed by atoms with Gasteiger partial charge in [0, 0.05) is 0 Å². The van der Waals surface area contributed by atoms with Crippen molar-refractivity contribution in [1.29, 1.82) is 0 Å². The Morgan fingerprint density at radius 3 is 2.33 bits per heavy atom. The molecule has 72 valence electrons. The number of nitrogens with two attached hydrogens (primary N) is 1. The van der Waals surface area contributed by atoms with Crippen LogP contribution in [0.5, 0.6) is 0 Å². The highest BCUT2D eigenvalue weighted by Gasteiger charge is 2.17. The first-order valence-electron chi connectivity index (χ1n) is 3.76. The quantitative estimate of drug-likeness (QED) is 0.656. The van der Waals surface area contributed by atoms with Gasteiger partial charge >= 0.3 is 0 Å². The molecule has 0 aromatic heterocycles. The Labute approximate surface area is 70.3 Å². The van der Waals surface area contributed by atoms with Crippen LogP contribution in [0.25, 0.3) is 0 Å². The van der Waals surface area contributed by atoms with Gasteiger partial charge in [-0.2, -0.15) is 0 Å². The third-order valence-corrected chi connectivity index (χ3v) is 1.45. The van der Waals surface area contributed by atoms with E-state index in [-0.39, 0.29) is 5.92 Å². The molecule has 0 aliphatic heterocycles. The van der Waals surface area contributed by atoms with Crippen LogP contribution < -0.4 is 11.1 Å². The van der Waals surface area contributed by atoms with Gasteiger partial charge < -0.3 is 11.1 Å². The van der Waals surface area contributed by atoms with Crippen LogP contribution in [-0.4, -0.2) is 24.9 Å². The predicted octanol–water partition coefficient (Wildman–Crippen LogP) is 0.351. The number of rotatable bonds is 4. The summed E-state index contributed by atoms with van der Waals surface area (Å²) in [5, 5.41) is 2.05. The second-order valence-electron chi connectivity index (χ2n) is 2.91. The molecule has 5 heteroatoms. The minimum Gasteiger partial charge on any atom is -0.349 e. The molecule has 0 heterocycles. The molecule has 0 saturated carbocycles. The lowest BCUT2D eigenvalue weighted by molar-refractivity contribution is -0.123. The van der Waals surface area contributed by atoms with E-state index >= 15 is 0 Å². The van der Waals surface area contributed by atoms with Gasteiger partial charge in [-0.1, -0.05) is 13.8 Å². The van der Waals surface area contributed by atoms with Crippen molar-refractivity contribution in [2.24, 2.45) is 11.7 Å². The molecule has 0 fully saturated rings. The normalized spacial score (nSPS) is 13.6. The third kappa shape index (κ3) is 4.23. The molecule has 0 bridgehead atoms. The Kier molecular flexibility index (Phi) is 4.73. The van der Waals surface area contributed by atoms with Crippen molar-refractivity contribution in [1.82, 2.24) is 5.32 Å².